The second kappa shape index (κ2) is 5.96. The Labute approximate surface area is 124 Å². The third-order valence-corrected chi connectivity index (χ3v) is 3.45. The summed E-state index contributed by atoms with van der Waals surface area (Å²) in [5.74, 6) is -1.20. The van der Waals surface area contributed by atoms with Crippen molar-refractivity contribution in [2.75, 3.05) is 0 Å². The van der Waals surface area contributed by atoms with Crippen LogP contribution in [0.2, 0.25) is 5.02 Å². The van der Waals surface area contributed by atoms with E-state index in [4.69, 9.17) is 11.6 Å². The molecule has 3 nitrogen and oxygen atoms in total. The lowest BCUT2D eigenvalue weighted by molar-refractivity contribution is 0.0979. The van der Waals surface area contributed by atoms with Crippen LogP contribution in [-0.2, 0) is 0 Å². The highest BCUT2D eigenvalue weighted by atomic mass is 79.9. The normalized spacial score (nSPS) is 11.6. The molecule has 0 aliphatic heterocycles. The van der Waals surface area contributed by atoms with Crippen molar-refractivity contribution in [2.24, 2.45) is 0 Å². The molecular formula is C14H8BrClN2O. The molecule has 0 spiro atoms. The first kappa shape index (κ1) is 13.7. The molecule has 5 heteroatoms. The Morgan fingerprint density at radius 3 is 2.63 bits per heavy atom. The van der Waals surface area contributed by atoms with Gasteiger partial charge in [-0.25, -0.2) is 0 Å². The zero-order valence-corrected chi connectivity index (χ0v) is 12.0. The number of aromatic nitrogens is 1. The Morgan fingerprint density at radius 1 is 1.32 bits per heavy atom. The number of ketones is 1. The van der Waals surface area contributed by atoms with Gasteiger partial charge in [0.25, 0.3) is 0 Å². The molecule has 19 heavy (non-hydrogen) atoms. The summed E-state index contributed by atoms with van der Waals surface area (Å²) in [6.07, 6.45) is 3.10. The van der Waals surface area contributed by atoms with E-state index in [1.807, 2.05) is 6.07 Å². The smallest absolute Gasteiger partial charge is 0.185 e. The second-order valence-corrected chi connectivity index (χ2v) is 5.15. The van der Waals surface area contributed by atoms with E-state index in [9.17, 15) is 10.1 Å². The summed E-state index contributed by atoms with van der Waals surface area (Å²) in [5, 5.41) is 9.56. The summed E-state index contributed by atoms with van der Waals surface area (Å²) < 4.78 is 0.742. The van der Waals surface area contributed by atoms with Crippen LogP contribution in [0.1, 0.15) is 21.8 Å². The van der Waals surface area contributed by atoms with Crippen molar-refractivity contribution in [1.29, 1.82) is 5.26 Å². The van der Waals surface area contributed by atoms with Gasteiger partial charge in [-0.05, 0) is 35.9 Å². The van der Waals surface area contributed by atoms with Gasteiger partial charge >= 0.3 is 0 Å². The van der Waals surface area contributed by atoms with Crippen LogP contribution in [-0.4, -0.2) is 10.8 Å². The number of carbonyl (C=O) groups excluding carboxylic acids is 1. The fourth-order valence-electron chi connectivity index (χ4n) is 1.68. The molecule has 0 fully saturated rings. The van der Waals surface area contributed by atoms with Crippen LogP contribution in [0.25, 0.3) is 0 Å². The number of rotatable bonds is 3. The minimum absolute atomic E-state index is 0.319. The van der Waals surface area contributed by atoms with E-state index in [-0.39, 0.29) is 5.78 Å². The van der Waals surface area contributed by atoms with E-state index in [2.05, 4.69) is 20.9 Å². The predicted octanol–water partition coefficient (Wildman–Crippen LogP) is 3.99. The first-order chi connectivity index (χ1) is 9.13. The molecule has 1 unspecified atom stereocenters. The number of carbonyl (C=O) groups is 1. The average molecular weight is 336 g/mol. The highest BCUT2D eigenvalue weighted by Crippen LogP contribution is 2.27. The Hall–Kier alpha value is -1.70. The number of nitrogens with zero attached hydrogens (tertiary/aromatic N) is 2. The quantitative estimate of drug-likeness (QED) is 0.797. The van der Waals surface area contributed by atoms with Gasteiger partial charge in [0.15, 0.2) is 5.78 Å². The standard InChI is InChI=1S/C14H8BrClN2O/c15-10-1-2-13(16)11(7-10)14(19)12(8-17)9-3-5-18-6-4-9/h1-7,12H. The molecule has 0 bridgehead atoms. The van der Waals surface area contributed by atoms with Crippen LogP contribution in [0, 0.1) is 11.3 Å². The van der Waals surface area contributed by atoms with Gasteiger partial charge in [0, 0.05) is 22.4 Å². The van der Waals surface area contributed by atoms with Gasteiger partial charge in [-0.3, -0.25) is 9.78 Å². The molecule has 0 saturated carbocycles. The summed E-state index contributed by atoms with van der Waals surface area (Å²) >= 11 is 9.30. The highest BCUT2D eigenvalue weighted by Gasteiger charge is 2.23. The van der Waals surface area contributed by atoms with Crippen molar-refractivity contribution >= 4 is 33.3 Å². The maximum atomic E-state index is 12.4. The highest BCUT2D eigenvalue weighted by molar-refractivity contribution is 9.10. The molecule has 0 aliphatic carbocycles. The number of nitriles is 1. The van der Waals surface area contributed by atoms with E-state index in [1.54, 1.807) is 42.7 Å². The second-order valence-electron chi connectivity index (χ2n) is 3.83. The summed E-state index contributed by atoms with van der Waals surface area (Å²) in [5.41, 5.74) is 0.943. The SMILES string of the molecule is N#CC(C(=O)c1cc(Br)ccc1Cl)c1ccncc1. The zero-order chi connectivity index (χ0) is 13.8. The number of pyridine rings is 1. The first-order valence-corrected chi connectivity index (χ1v) is 6.59. The average Bonchev–Trinajstić information content (AvgIpc) is 2.43. The van der Waals surface area contributed by atoms with Crippen LogP contribution in [0.15, 0.2) is 47.2 Å². The maximum Gasteiger partial charge on any atom is 0.185 e. The lowest BCUT2D eigenvalue weighted by Crippen LogP contribution is -2.12. The third kappa shape index (κ3) is 3.01. The van der Waals surface area contributed by atoms with E-state index in [0.717, 1.165) is 4.47 Å². The fourth-order valence-corrected chi connectivity index (χ4v) is 2.25. The lowest BCUT2D eigenvalue weighted by Gasteiger charge is -2.10. The van der Waals surface area contributed by atoms with Crippen LogP contribution >= 0.6 is 27.5 Å². The lowest BCUT2D eigenvalue weighted by atomic mass is 9.92. The van der Waals surface area contributed by atoms with Gasteiger partial charge in [0.1, 0.15) is 5.92 Å². The Bertz CT molecular complexity index is 652. The molecule has 0 amide bonds. The van der Waals surface area contributed by atoms with Crippen molar-refractivity contribution in [1.82, 2.24) is 4.98 Å². The molecule has 94 valence electrons. The monoisotopic (exact) mass is 334 g/mol. The molecule has 0 N–H and O–H groups in total. The van der Waals surface area contributed by atoms with Crippen LogP contribution in [0.5, 0.6) is 0 Å². The predicted molar refractivity (Wildman–Crippen MR) is 76.1 cm³/mol. The summed E-state index contributed by atoms with van der Waals surface area (Å²) in [4.78, 5) is 16.3. The maximum absolute atomic E-state index is 12.4. The van der Waals surface area contributed by atoms with Crippen molar-refractivity contribution in [2.45, 2.75) is 5.92 Å². The van der Waals surface area contributed by atoms with Crippen molar-refractivity contribution in [3.05, 3.63) is 63.3 Å². The zero-order valence-electron chi connectivity index (χ0n) is 9.68. The van der Waals surface area contributed by atoms with Crippen LogP contribution in [0.4, 0.5) is 0 Å². The van der Waals surface area contributed by atoms with Crippen molar-refractivity contribution < 1.29 is 4.79 Å². The Balaban J connectivity index is 2.43. The number of hydrogen-bond donors (Lipinski definition) is 0. The van der Waals surface area contributed by atoms with Gasteiger partial charge in [-0.1, -0.05) is 27.5 Å². The minimum atomic E-state index is -0.880. The molecule has 1 atom stereocenters. The van der Waals surface area contributed by atoms with E-state index in [0.29, 0.717) is 16.1 Å². The van der Waals surface area contributed by atoms with Gasteiger partial charge in [0.2, 0.25) is 0 Å². The third-order valence-electron chi connectivity index (χ3n) is 2.62. The summed E-state index contributed by atoms with van der Waals surface area (Å²) in [6, 6.07) is 10.3. The van der Waals surface area contributed by atoms with Crippen molar-refractivity contribution in [3.8, 4) is 6.07 Å². The summed E-state index contributed by atoms with van der Waals surface area (Å²) in [6.45, 7) is 0. The van der Waals surface area contributed by atoms with Crippen molar-refractivity contribution in [3.63, 3.8) is 0 Å². The molecule has 0 radical (unpaired) electrons. The molecular weight excluding hydrogens is 328 g/mol. The first-order valence-electron chi connectivity index (χ1n) is 5.42. The molecule has 0 saturated heterocycles. The van der Waals surface area contributed by atoms with Gasteiger partial charge in [0.05, 0.1) is 11.1 Å². The van der Waals surface area contributed by atoms with Gasteiger partial charge in [-0.2, -0.15) is 5.26 Å². The number of Topliss-reactive ketones (excluding diaryl/α,β-unsaturated/α-hetero) is 1. The molecule has 1 aromatic heterocycles. The van der Waals surface area contributed by atoms with E-state index in [1.165, 1.54) is 0 Å². The minimum Gasteiger partial charge on any atom is -0.292 e. The van der Waals surface area contributed by atoms with Gasteiger partial charge in [-0.15, -0.1) is 0 Å². The van der Waals surface area contributed by atoms with Crippen LogP contribution in [0.3, 0.4) is 0 Å². The number of benzene rings is 1. The molecule has 0 aliphatic rings. The largest absolute Gasteiger partial charge is 0.292 e. The Kier molecular flexibility index (Phi) is 4.31. The topological polar surface area (TPSA) is 53.8 Å². The fraction of sp³-hybridized carbons (Fsp3) is 0.0714. The molecule has 2 rings (SSSR count). The number of halogens is 2. The Morgan fingerprint density at radius 2 is 2.00 bits per heavy atom. The molecule has 1 heterocycles. The summed E-state index contributed by atoms with van der Waals surface area (Å²) in [7, 11) is 0. The molecule has 1 aromatic carbocycles. The number of hydrogen-bond acceptors (Lipinski definition) is 3. The van der Waals surface area contributed by atoms with Gasteiger partial charge < -0.3 is 0 Å². The van der Waals surface area contributed by atoms with E-state index < -0.39 is 5.92 Å². The van der Waals surface area contributed by atoms with E-state index >= 15 is 0 Å². The molecule has 2 aromatic rings. The van der Waals surface area contributed by atoms with Crippen LogP contribution < -0.4 is 0 Å².